The van der Waals surface area contributed by atoms with Crippen LogP contribution in [0.5, 0.6) is 0 Å². The Hall–Kier alpha value is -1.00. The van der Waals surface area contributed by atoms with Crippen LogP contribution in [-0.2, 0) is 16.8 Å². The Labute approximate surface area is 115 Å². The highest BCUT2D eigenvalue weighted by Crippen LogP contribution is 2.35. The smallest absolute Gasteiger partial charge is 0.160 e. The molecule has 0 saturated carbocycles. The zero-order valence-corrected chi connectivity index (χ0v) is 11.9. The first-order valence-corrected chi connectivity index (χ1v) is 7.46. The van der Waals surface area contributed by atoms with Crippen LogP contribution in [-0.4, -0.2) is 23.1 Å². The van der Waals surface area contributed by atoms with Gasteiger partial charge in [-0.1, -0.05) is 6.92 Å². The highest BCUT2D eigenvalue weighted by Gasteiger charge is 2.35. The highest BCUT2D eigenvalue weighted by atomic mass is 16.5. The largest absolute Gasteiger partial charge is 0.367 e. The molecule has 4 nitrogen and oxygen atoms in total. The van der Waals surface area contributed by atoms with Gasteiger partial charge in [-0.25, -0.2) is 9.97 Å². The molecule has 0 bridgehead atoms. The van der Waals surface area contributed by atoms with Crippen molar-refractivity contribution in [1.82, 2.24) is 15.3 Å². The Balaban J connectivity index is 1.91. The van der Waals surface area contributed by atoms with Gasteiger partial charge < -0.3 is 10.1 Å². The van der Waals surface area contributed by atoms with Gasteiger partial charge in [-0.15, -0.1) is 0 Å². The molecule has 0 amide bonds. The SMILES string of the molecule is CCNC1CCCc2nc(C3(C)CCCO3)ncc21. The van der Waals surface area contributed by atoms with E-state index in [1.54, 1.807) is 0 Å². The standard InChI is InChI=1S/C15H23N3O/c1-3-16-12-6-4-7-13-11(12)10-17-14(18-13)15(2)8-5-9-19-15/h10,12,16H,3-9H2,1-2H3. The lowest BCUT2D eigenvalue weighted by molar-refractivity contribution is 0.00902. The maximum atomic E-state index is 5.85. The molecule has 1 fully saturated rings. The van der Waals surface area contributed by atoms with Crippen LogP contribution in [0.25, 0.3) is 0 Å². The highest BCUT2D eigenvalue weighted by molar-refractivity contribution is 5.25. The van der Waals surface area contributed by atoms with Gasteiger partial charge in [0.15, 0.2) is 5.82 Å². The summed E-state index contributed by atoms with van der Waals surface area (Å²) in [6.07, 6.45) is 7.63. The molecule has 19 heavy (non-hydrogen) atoms. The summed E-state index contributed by atoms with van der Waals surface area (Å²) in [5.74, 6) is 0.876. The van der Waals surface area contributed by atoms with E-state index in [0.717, 1.165) is 38.2 Å². The second-order valence-electron chi connectivity index (χ2n) is 5.78. The van der Waals surface area contributed by atoms with E-state index in [9.17, 15) is 0 Å². The molecule has 1 aromatic rings. The molecule has 1 aliphatic carbocycles. The average molecular weight is 261 g/mol. The number of hydrogen-bond donors (Lipinski definition) is 1. The topological polar surface area (TPSA) is 47.0 Å². The van der Waals surface area contributed by atoms with Crippen LogP contribution < -0.4 is 5.32 Å². The molecule has 2 heterocycles. The minimum Gasteiger partial charge on any atom is -0.367 e. The Morgan fingerprint density at radius 3 is 3.11 bits per heavy atom. The van der Waals surface area contributed by atoms with E-state index in [1.165, 1.54) is 24.1 Å². The van der Waals surface area contributed by atoms with Crippen molar-refractivity contribution in [2.45, 2.75) is 57.6 Å². The van der Waals surface area contributed by atoms with Gasteiger partial charge in [0, 0.05) is 30.1 Å². The monoisotopic (exact) mass is 261 g/mol. The summed E-state index contributed by atoms with van der Waals surface area (Å²) in [5.41, 5.74) is 2.25. The third-order valence-corrected chi connectivity index (χ3v) is 4.32. The number of nitrogens with one attached hydrogen (secondary N) is 1. The average Bonchev–Trinajstić information content (AvgIpc) is 2.87. The predicted octanol–water partition coefficient (Wildman–Crippen LogP) is 2.49. The summed E-state index contributed by atoms with van der Waals surface area (Å²) < 4.78 is 5.85. The van der Waals surface area contributed by atoms with Crippen molar-refractivity contribution in [3.63, 3.8) is 0 Å². The first kappa shape index (κ1) is 13.0. The van der Waals surface area contributed by atoms with Crippen molar-refractivity contribution >= 4 is 0 Å². The van der Waals surface area contributed by atoms with Crippen LogP contribution in [0.4, 0.5) is 0 Å². The van der Waals surface area contributed by atoms with E-state index in [-0.39, 0.29) is 5.60 Å². The lowest BCUT2D eigenvalue weighted by Crippen LogP contribution is -2.29. The van der Waals surface area contributed by atoms with Crippen molar-refractivity contribution in [3.8, 4) is 0 Å². The molecule has 0 spiro atoms. The van der Waals surface area contributed by atoms with Gasteiger partial charge in [0.2, 0.25) is 0 Å². The summed E-state index contributed by atoms with van der Waals surface area (Å²) in [7, 11) is 0. The molecule has 0 radical (unpaired) electrons. The summed E-state index contributed by atoms with van der Waals surface area (Å²) in [5, 5.41) is 3.53. The first-order chi connectivity index (χ1) is 9.23. The zero-order chi connectivity index (χ0) is 13.3. The number of aryl methyl sites for hydroxylation is 1. The normalized spacial score (nSPS) is 30.3. The van der Waals surface area contributed by atoms with Gasteiger partial charge in [-0.05, 0) is 45.6 Å². The maximum Gasteiger partial charge on any atom is 0.160 e. The van der Waals surface area contributed by atoms with E-state index >= 15 is 0 Å². The second-order valence-corrected chi connectivity index (χ2v) is 5.78. The number of rotatable bonds is 3. The fourth-order valence-electron chi connectivity index (χ4n) is 3.22. The van der Waals surface area contributed by atoms with Crippen LogP contribution in [0.3, 0.4) is 0 Å². The Morgan fingerprint density at radius 1 is 1.47 bits per heavy atom. The maximum absolute atomic E-state index is 5.85. The molecule has 2 aliphatic rings. The van der Waals surface area contributed by atoms with E-state index < -0.39 is 0 Å². The summed E-state index contributed by atoms with van der Waals surface area (Å²) >= 11 is 0. The number of fused-ring (bicyclic) bond motifs is 1. The van der Waals surface area contributed by atoms with Crippen LogP contribution in [0, 0.1) is 0 Å². The van der Waals surface area contributed by atoms with E-state index in [0.29, 0.717) is 6.04 Å². The van der Waals surface area contributed by atoms with Crippen molar-refractivity contribution in [3.05, 3.63) is 23.3 Å². The van der Waals surface area contributed by atoms with Crippen molar-refractivity contribution in [2.75, 3.05) is 13.2 Å². The lowest BCUT2D eigenvalue weighted by Gasteiger charge is -2.28. The van der Waals surface area contributed by atoms with Gasteiger partial charge >= 0.3 is 0 Å². The molecular formula is C15H23N3O. The molecule has 2 atom stereocenters. The molecule has 1 saturated heterocycles. The molecule has 1 N–H and O–H groups in total. The number of aromatic nitrogens is 2. The fourth-order valence-corrected chi connectivity index (χ4v) is 3.22. The Bertz CT molecular complexity index is 455. The molecule has 1 aromatic heterocycles. The predicted molar refractivity (Wildman–Crippen MR) is 73.9 cm³/mol. The van der Waals surface area contributed by atoms with Gasteiger partial charge in [-0.3, -0.25) is 0 Å². The van der Waals surface area contributed by atoms with Crippen molar-refractivity contribution < 1.29 is 4.74 Å². The van der Waals surface area contributed by atoms with E-state index in [4.69, 9.17) is 9.72 Å². The molecule has 0 aromatic carbocycles. The van der Waals surface area contributed by atoms with Gasteiger partial charge in [0.1, 0.15) is 5.60 Å². The summed E-state index contributed by atoms with van der Waals surface area (Å²) in [6, 6.07) is 0.431. The third-order valence-electron chi connectivity index (χ3n) is 4.32. The minimum atomic E-state index is -0.264. The molecule has 104 valence electrons. The zero-order valence-electron chi connectivity index (χ0n) is 11.9. The Morgan fingerprint density at radius 2 is 2.37 bits per heavy atom. The molecule has 4 heteroatoms. The summed E-state index contributed by atoms with van der Waals surface area (Å²) in [4.78, 5) is 9.43. The van der Waals surface area contributed by atoms with E-state index in [2.05, 4.69) is 24.1 Å². The second kappa shape index (κ2) is 5.17. The van der Waals surface area contributed by atoms with Gasteiger partial charge in [0.05, 0.1) is 0 Å². The van der Waals surface area contributed by atoms with Crippen LogP contribution in [0.15, 0.2) is 6.20 Å². The van der Waals surface area contributed by atoms with Crippen LogP contribution in [0.1, 0.15) is 62.7 Å². The van der Waals surface area contributed by atoms with Gasteiger partial charge in [0.25, 0.3) is 0 Å². The quantitative estimate of drug-likeness (QED) is 0.908. The minimum absolute atomic E-state index is 0.264. The van der Waals surface area contributed by atoms with Crippen LogP contribution >= 0.6 is 0 Å². The number of nitrogens with zero attached hydrogens (tertiary/aromatic N) is 2. The molecule has 2 unspecified atom stereocenters. The number of ether oxygens (including phenoxy) is 1. The first-order valence-electron chi connectivity index (χ1n) is 7.46. The molecular weight excluding hydrogens is 238 g/mol. The van der Waals surface area contributed by atoms with E-state index in [1.807, 2.05) is 6.20 Å². The number of hydrogen-bond acceptors (Lipinski definition) is 4. The lowest BCUT2D eigenvalue weighted by atomic mass is 9.91. The summed E-state index contributed by atoms with van der Waals surface area (Å²) in [6.45, 7) is 6.09. The van der Waals surface area contributed by atoms with Crippen LogP contribution in [0.2, 0.25) is 0 Å². The van der Waals surface area contributed by atoms with Gasteiger partial charge in [-0.2, -0.15) is 0 Å². The fraction of sp³-hybridized carbons (Fsp3) is 0.733. The molecule has 3 rings (SSSR count). The van der Waals surface area contributed by atoms with Crippen molar-refractivity contribution in [2.24, 2.45) is 0 Å². The molecule has 1 aliphatic heterocycles. The third kappa shape index (κ3) is 2.39. The van der Waals surface area contributed by atoms with Crippen molar-refractivity contribution in [1.29, 1.82) is 0 Å². The Kier molecular flexibility index (Phi) is 3.54.